The summed E-state index contributed by atoms with van der Waals surface area (Å²) in [5.74, 6) is -0.810. The standard InChI is InChI=1S/C53H104NO8P/c1-3-5-7-9-11-13-15-17-19-20-21-22-23-24-25-26-27-28-29-30-32-34-36-38-40-42-44-46-53(56)62-51(50-61-63(57,58)60-48-47-54)49-59-52(55)45-43-41-39-37-35-33-31-18-16-14-12-10-8-6-4-2/h20-21,51H,3-19,22-50,54H2,1-2H3,(H,57,58)/b21-20-. The molecule has 0 spiro atoms. The van der Waals surface area contributed by atoms with Gasteiger partial charge in [-0.1, -0.05) is 244 Å². The van der Waals surface area contributed by atoms with Gasteiger partial charge in [-0.15, -0.1) is 0 Å². The molecule has 10 heteroatoms. The highest BCUT2D eigenvalue weighted by atomic mass is 31.2. The van der Waals surface area contributed by atoms with Crippen LogP contribution in [0.5, 0.6) is 0 Å². The Hall–Kier alpha value is -1.25. The zero-order valence-corrected chi connectivity index (χ0v) is 42.5. The molecule has 0 bridgehead atoms. The van der Waals surface area contributed by atoms with Gasteiger partial charge in [0.25, 0.3) is 0 Å². The summed E-state index contributed by atoms with van der Waals surface area (Å²) >= 11 is 0. The number of carbonyl (C=O) groups is 2. The molecule has 0 saturated carbocycles. The maximum atomic E-state index is 12.7. The van der Waals surface area contributed by atoms with E-state index in [1.807, 2.05) is 0 Å². The number of phosphoric ester groups is 1. The highest BCUT2D eigenvalue weighted by Gasteiger charge is 2.26. The van der Waals surface area contributed by atoms with Crippen molar-refractivity contribution in [2.45, 2.75) is 290 Å². The number of hydrogen-bond donors (Lipinski definition) is 2. The van der Waals surface area contributed by atoms with Crippen LogP contribution in [0.1, 0.15) is 284 Å². The fourth-order valence-electron chi connectivity index (χ4n) is 8.10. The highest BCUT2D eigenvalue weighted by molar-refractivity contribution is 7.47. The fourth-order valence-corrected chi connectivity index (χ4v) is 8.87. The molecule has 0 radical (unpaired) electrons. The van der Waals surface area contributed by atoms with Crippen molar-refractivity contribution < 1.29 is 37.6 Å². The van der Waals surface area contributed by atoms with Crippen molar-refractivity contribution in [3.8, 4) is 0 Å². The van der Waals surface area contributed by atoms with Gasteiger partial charge in [-0.2, -0.15) is 0 Å². The van der Waals surface area contributed by atoms with Crippen LogP contribution in [0.2, 0.25) is 0 Å². The molecule has 63 heavy (non-hydrogen) atoms. The molecule has 0 fully saturated rings. The predicted octanol–water partition coefficient (Wildman–Crippen LogP) is 16.5. The minimum Gasteiger partial charge on any atom is -0.462 e. The normalized spacial score (nSPS) is 13.1. The van der Waals surface area contributed by atoms with Crippen molar-refractivity contribution in [2.75, 3.05) is 26.4 Å². The second-order valence-corrected chi connectivity index (χ2v) is 19.9. The summed E-state index contributed by atoms with van der Waals surface area (Å²) in [4.78, 5) is 35.1. The molecule has 9 nitrogen and oxygen atoms in total. The van der Waals surface area contributed by atoms with E-state index in [2.05, 4.69) is 26.0 Å². The summed E-state index contributed by atoms with van der Waals surface area (Å²) in [6.45, 7) is 3.79. The topological polar surface area (TPSA) is 134 Å². The molecule has 3 N–H and O–H groups in total. The number of hydrogen-bond acceptors (Lipinski definition) is 8. The Morgan fingerprint density at radius 3 is 1.13 bits per heavy atom. The lowest BCUT2D eigenvalue weighted by Crippen LogP contribution is -2.29. The summed E-state index contributed by atoms with van der Waals surface area (Å²) < 4.78 is 33.0. The number of ether oxygens (including phenoxy) is 2. The number of unbranched alkanes of at least 4 members (excludes halogenated alkanes) is 37. The lowest BCUT2D eigenvalue weighted by Gasteiger charge is -2.19. The van der Waals surface area contributed by atoms with Gasteiger partial charge in [0.15, 0.2) is 6.10 Å². The molecule has 0 saturated heterocycles. The number of allylic oxidation sites excluding steroid dienone is 2. The summed E-state index contributed by atoms with van der Waals surface area (Å²) in [7, 11) is -4.38. The summed E-state index contributed by atoms with van der Waals surface area (Å²) in [6, 6.07) is 0. The zero-order valence-electron chi connectivity index (χ0n) is 41.6. The van der Waals surface area contributed by atoms with Gasteiger partial charge in [0.05, 0.1) is 13.2 Å². The van der Waals surface area contributed by atoms with Crippen LogP contribution < -0.4 is 5.73 Å². The Labute approximate surface area is 389 Å². The van der Waals surface area contributed by atoms with E-state index >= 15 is 0 Å². The minimum atomic E-state index is -4.38. The van der Waals surface area contributed by atoms with Gasteiger partial charge in [0.1, 0.15) is 6.61 Å². The van der Waals surface area contributed by atoms with E-state index in [0.717, 1.165) is 32.1 Å². The van der Waals surface area contributed by atoms with Crippen molar-refractivity contribution in [2.24, 2.45) is 5.73 Å². The van der Waals surface area contributed by atoms with Gasteiger partial charge in [-0.25, -0.2) is 4.57 Å². The van der Waals surface area contributed by atoms with Crippen molar-refractivity contribution >= 4 is 19.8 Å². The quantitative estimate of drug-likeness (QED) is 0.0265. The average Bonchev–Trinajstić information content (AvgIpc) is 3.27. The third-order valence-electron chi connectivity index (χ3n) is 12.2. The van der Waals surface area contributed by atoms with Gasteiger partial charge in [-0.05, 0) is 38.5 Å². The number of carbonyl (C=O) groups excluding carboxylic acids is 2. The molecule has 0 aromatic rings. The second-order valence-electron chi connectivity index (χ2n) is 18.5. The van der Waals surface area contributed by atoms with Crippen LogP contribution in [0.4, 0.5) is 0 Å². The SMILES string of the molecule is CCCCCCCCCC/C=C\CCCCCCCCCCCCCCCCCC(=O)OC(COC(=O)CCCCCCCCCCCCCCCCC)COP(=O)(O)OCCN. The molecule has 2 unspecified atom stereocenters. The minimum absolute atomic E-state index is 0.0571. The Balaban J connectivity index is 3.92. The van der Waals surface area contributed by atoms with E-state index in [1.165, 1.54) is 218 Å². The van der Waals surface area contributed by atoms with Gasteiger partial charge in [-0.3, -0.25) is 18.6 Å². The van der Waals surface area contributed by atoms with E-state index in [-0.39, 0.29) is 38.6 Å². The van der Waals surface area contributed by atoms with Crippen molar-refractivity contribution in [3.05, 3.63) is 12.2 Å². The van der Waals surface area contributed by atoms with Gasteiger partial charge in [0, 0.05) is 19.4 Å². The molecule has 0 aliphatic carbocycles. The van der Waals surface area contributed by atoms with Crippen LogP contribution in [0.15, 0.2) is 12.2 Å². The molecule has 0 aliphatic rings. The van der Waals surface area contributed by atoms with Crippen LogP contribution in [0.25, 0.3) is 0 Å². The first kappa shape index (κ1) is 61.8. The molecule has 0 heterocycles. The maximum absolute atomic E-state index is 12.7. The third-order valence-corrected chi connectivity index (χ3v) is 13.1. The van der Waals surface area contributed by atoms with Crippen LogP contribution in [-0.2, 0) is 32.7 Å². The molecule has 0 aromatic carbocycles. The molecular formula is C53H104NO8P. The largest absolute Gasteiger partial charge is 0.472 e. The number of nitrogens with two attached hydrogens (primary N) is 1. The summed E-state index contributed by atoms with van der Waals surface area (Å²) in [6.07, 6.45) is 55.5. The zero-order chi connectivity index (χ0) is 46.0. The summed E-state index contributed by atoms with van der Waals surface area (Å²) in [5, 5.41) is 0. The number of rotatable bonds is 52. The van der Waals surface area contributed by atoms with Crippen LogP contribution >= 0.6 is 7.82 Å². The molecular weight excluding hydrogens is 810 g/mol. The van der Waals surface area contributed by atoms with E-state index < -0.39 is 26.5 Å². The predicted molar refractivity (Wildman–Crippen MR) is 266 cm³/mol. The van der Waals surface area contributed by atoms with E-state index in [9.17, 15) is 19.0 Å². The van der Waals surface area contributed by atoms with E-state index in [0.29, 0.717) is 6.42 Å². The van der Waals surface area contributed by atoms with Crippen LogP contribution in [-0.4, -0.2) is 49.3 Å². The molecule has 0 rings (SSSR count). The maximum Gasteiger partial charge on any atom is 0.472 e. The Bertz CT molecular complexity index is 1040. The van der Waals surface area contributed by atoms with Crippen LogP contribution in [0.3, 0.4) is 0 Å². The van der Waals surface area contributed by atoms with Gasteiger partial charge >= 0.3 is 19.8 Å². The molecule has 0 aliphatic heterocycles. The first-order valence-electron chi connectivity index (χ1n) is 27.2. The van der Waals surface area contributed by atoms with E-state index in [1.54, 1.807) is 0 Å². The molecule has 0 aromatic heterocycles. The van der Waals surface area contributed by atoms with Crippen molar-refractivity contribution in [1.29, 1.82) is 0 Å². The average molecular weight is 914 g/mol. The Morgan fingerprint density at radius 1 is 0.460 bits per heavy atom. The van der Waals surface area contributed by atoms with Gasteiger partial charge < -0.3 is 20.1 Å². The van der Waals surface area contributed by atoms with Crippen molar-refractivity contribution in [3.63, 3.8) is 0 Å². The molecule has 374 valence electrons. The first-order valence-corrected chi connectivity index (χ1v) is 28.7. The lowest BCUT2D eigenvalue weighted by atomic mass is 10.0. The lowest BCUT2D eigenvalue weighted by molar-refractivity contribution is -0.161. The van der Waals surface area contributed by atoms with Crippen LogP contribution in [0, 0.1) is 0 Å². The summed E-state index contributed by atoms with van der Waals surface area (Å²) in [5.41, 5.74) is 5.37. The van der Waals surface area contributed by atoms with Gasteiger partial charge in [0.2, 0.25) is 0 Å². The second kappa shape index (κ2) is 50.2. The Morgan fingerprint density at radius 2 is 0.778 bits per heavy atom. The highest BCUT2D eigenvalue weighted by Crippen LogP contribution is 2.43. The van der Waals surface area contributed by atoms with E-state index in [4.69, 9.17) is 24.3 Å². The molecule has 0 amide bonds. The first-order chi connectivity index (χ1) is 30.8. The van der Waals surface area contributed by atoms with Crippen molar-refractivity contribution in [1.82, 2.24) is 0 Å². The Kier molecular flexibility index (Phi) is 49.2. The monoisotopic (exact) mass is 914 g/mol. The number of esters is 2. The molecule has 2 atom stereocenters. The number of phosphoric acid groups is 1. The smallest absolute Gasteiger partial charge is 0.462 e. The fraction of sp³-hybridized carbons (Fsp3) is 0.925. The third kappa shape index (κ3) is 50.0.